The van der Waals surface area contributed by atoms with Crippen molar-refractivity contribution in [3.8, 4) is 5.75 Å². The van der Waals surface area contributed by atoms with Gasteiger partial charge in [0.1, 0.15) is 5.75 Å². The monoisotopic (exact) mass is 529 g/mol. The number of ether oxygens (including phenoxy) is 1. The van der Waals surface area contributed by atoms with Gasteiger partial charge in [-0.25, -0.2) is 0 Å². The van der Waals surface area contributed by atoms with E-state index >= 15 is 0 Å². The number of allylic oxidation sites excluding steroid dienone is 5. The number of pyridine rings is 1. The van der Waals surface area contributed by atoms with Crippen LogP contribution in [0.4, 0.5) is 13.2 Å². The zero-order valence-corrected chi connectivity index (χ0v) is 21.9. The Hall–Kier alpha value is -3.53. The maximum absolute atomic E-state index is 13.7. The molecular weight excluding hydrogens is 495 g/mol. The van der Waals surface area contributed by atoms with Crippen molar-refractivity contribution in [2.45, 2.75) is 51.9 Å². The smallest absolute Gasteiger partial charge is 0.416 e. The highest BCUT2D eigenvalue weighted by Gasteiger charge is 2.58. The van der Waals surface area contributed by atoms with Crippen molar-refractivity contribution >= 4 is 11.6 Å². The summed E-state index contributed by atoms with van der Waals surface area (Å²) >= 11 is 0. The van der Waals surface area contributed by atoms with Gasteiger partial charge in [0.15, 0.2) is 0 Å². The number of hydrogen-bond donors (Lipinski definition) is 4. The number of halogens is 3. The van der Waals surface area contributed by atoms with Gasteiger partial charge in [-0.1, -0.05) is 37.6 Å². The first kappa shape index (κ1) is 27.5. The third-order valence-corrected chi connectivity index (χ3v) is 7.21. The molecule has 1 saturated carbocycles. The van der Waals surface area contributed by atoms with E-state index in [0.717, 1.165) is 11.6 Å². The molecule has 0 spiro atoms. The summed E-state index contributed by atoms with van der Waals surface area (Å²) in [5, 5.41) is 9.30. The third-order valence-electron chi connectivity index (χ3n) is 7.21. The molecule has 3 unspecified atom stereocenters. The largest absolute Gasteiger partial charge is 0.495 e. The second-order valence-electron chi connectivity index (χ2n) is 10.4. The fourth-order valence-corrected chi connectivity index (χ4v) is 4.78. The number of hydrogen-bond acceptors (Lipinski definition) is 6. The summed E-state index contributed by atoms with van der Waals surface area (Å²) in [6, 6.07) is 1.70. The van der Waals surface area contributed by atoms with Crippen molar-refractivity contribution < 1.29 is 22.7 Å². The van der Waals surface area contributed by atoms with Gasteiger partial charge in [-0.2, -0.15) is 13.2 Å². The Kier molecular flexibility index (Phi) is 7.73. The molecule has 1 fully saturated rings. The lowest BCUT2D eigenvalue weighted by Crippen LogP contribution is -2.36. The minimum Gasteiger partial charge on any atom is -0.495 e. The molecule has 10 heteroatoms. The Balaban J connectivity index is 1.45. The van der Waals surface area contributed by atoms with Crippen LogP contribution >= 0.6 is 0 Å². The average Bonchev–Trinajstić information content (AvgIpc) is 3.61. The van der Waals surface area contributed by atoms with Crippen LogP contribution in [0.1, 0.15) is 39.2 Å². The van der Waals surface area contributed by atoms with Crippen LogP contribution in [-0.4, -0.2) is 42.8 Å². The predicted molar refractivity (Wildman–Crippen MR) is 140 cm³/mol. The van der Waals surface area contributed by atoms with E-state index in [1.54, 1.807) is 37.8 Å². The zero-order valence-electron chi connectivity index (χ0n) is 21.9. The molecule has 1 heterocycles. The zero-order chi connectivity index (χ0) is 27.7. The molecule has 0 bridgehead atoms. The lowest BCUT2D eigenvalue weighted by Gasteiger charge is -2.26. The number of nitrogens with two attached hydrogens (primary N) is 1. The minimum absolute atomic E-state index is 0.146. The molecule has 38 heavy (non-hydrogen) atoms. The normalized spacial score (nSPS) is 25.0. The van der Waals surface area contributed by atoms with E-state index in [9.17, 15) is 18.0 Å². The summed E-state index contributed by atoms with van der Waals surface area (Å²) in [4.78, 5) is 17.3. The van der Waals surface area contributed by atoms with Crippen LogP contribution in [0.25, 0.3) is 5.70 Å². The molecule has 0 aliphatic heterocycles. The van der Waals surface area contributed by atoms with Crippen molar-refractivity contribution in [3.05, 3.63) is 76.9 Å². The lowest BCUT2D eigenvalue weighted by atomic mass is 9.91. The van der Waals surface area contributed by atoms with E-state index in [1.165, 1.54) is 6.08 Å². The summed E-state index contributed by atoms with van der Waals surface area (Å²) in [6.07, 6.45) is 7.23. The number of methoxy groups -OCH3 is 1. The Bertz CT molecular complexity index is 1250. The molecule has 3 aliphatic rings. The molecular formula is C28H34F3N5O2. The summed E-state index contributed by atoms with van der Waals surface area (Å²) in [7, 11) is 1.55. The second kappa shape index (κ2) is 10.7. The van der Waals surface area contributed by atoms with E-state index in [4.69, 9.17) is 10.5 Å². The van der Waals surface area contributed by atoms with Crippen molar-refractivity contribution in [1.82, 2.24) is 20.9 Å². The highest BCUT2D eigenvalue weighted by atomic mass is 19.4. The molecule has 0 radical (unpaired) electrons. The minimum atomic E-state index is -4.49. The molecule has 7 nitrogen and oxygen atoms in total. The van der Waals surface area contributed by atoms with E-state index in [1.807, 2.05) is 26.8 Å². The van der Waals surface area contributed by atoms with Gasteiger partial charge in [0.25, 0.3) is 5.91 Å². The molecule has 1 aromatic heterocycles. The first-order chi connectivity index (χ1) is 17.9. The number of nitrogens with zero attached hydrogens (tertiary/aromatic N) is 1. The Morgan fingerprint density at radius 3 is 2.76 bits per heavy atom. The molecule has 3 atom stereocenters. The van der Waals surface area contributed by atoms with Gasteiger partial charge in [0.05, 0.1) is 30.6 Å². The van der Waals surface area contributed by atoms with Gasteiger partial charge in [-0.15, -0.1) is 0 Å². The molecule has 5 N–H and O–H groups in total. The Morgan fingerprint density at radius 2 is 2.08 bits per heavy atom. The maximum atomic E-state index is 13.7. The van der Waals surface area contributed by atoms with Crippen molar-refractivity contribution in [3.63, 3.8) is 0 Å². The fourth-order valence-electron chi connectivity index (χ4n) is 4.78. The SMILES string of the molecule is COc1cncc(/C(N)=C/NC2CC(C(=O)NC3=CC(C(F)(F)F)=CC4(CNC(C)C)CC34)=CC=C2C)c1. The molecule has 204 valence electrons. The lowest BCUT2D eigenvalue weighted by molar-refractivity contribution is -0.117. The number of rotatable bonds is 9. The maximum Gasteiger partial charge on any atom is 0.416 e. The van der Waals surface area contributed by atoms with Crippen LogP contribution in [0.3, 0.4) is 0 Å². The summed E-state index contributed by atoms with van der Waals surface area (Å²) < 4.78 is 46.2. The van der Waals surface area contributed by atoms with E-state index in [0.29, 0.717) is 47.7 Å². The second-order valence-corrected chi connectivity index (χ2v) is 10.4. The number of aromatic nitrogens is 1. The van der Waals surface area contributed by atoms with Crippen LogP contribution in [-0.2, 0) is 4.79 Å². The van der Waals surface area contributed by atoms with E-state index in [2.05, 4.69) is 20.9 Å². The van der Waals surface area contributed by atoms with Gasteiger partial charge in [-0.3, -0.25) is 9.78 Å². The van der Waals surface area contributed by atoms with Gasteiger partial charge in [-0.05, 0) is 25.5 Å². The van der Waals surface area contributed by atoms with Crippen LogP contribution in [0, 0.1) is 11.3 Å². The van der Waals surface area contributed by atoms with Crippen LogP contribution < -0.4 is 26.4 Å². The van der Waals surface area contributed by atoms with Crippen LogP contribution in [0.2, 0.25) is 0 Å². The van der Waals surface area contributed by atoms with Crippen molar-refractivity contribution in [2.75, 3.05) is 13.7 Å². The molecule has 1 aromatic rings. The Morgan fingerprint density at radius 1 is 1.32 bits per heavy atom. The molecule has 0 saturated heterocycles. The highest BCUT2D eigenvalue weighted by Crippen LogP contribution is 2.60. The first-order valence-electron chi connectivity index (χ1n) is 12.6. The number of alkyl halides is 3. The third kappa shape index (κ3) is 6.12. The van der Waals surface area contributed by atoms with E-state index < -0.39 is 23.1 Å². The van der Waals surface area contributed by atoms with Crippen LogP contribution in [0.5, 0.6) is 5.75 Å². The van der Waals surface area contributed by atoms with Crippen molar-refractivity contribution in [2.24, 2.45) is 17.1 Å². The fraction of sp³-hybridized carbons (Fsp3) is 0.429. The number of carbonyl (C=O) groups excluding carboxylic acids is 1. The molecule has 1 amide bonds. The topological polar surface area (TPSA) is 101 Å². The van der Waals surface area contributed by atoms with Gasteiger partial charge < -0.3 is 26.4 Å². The van der Waals surface area contributed by atoms with Gasteiger partial charge in [0, 0.05) is 59.6 Å². The molecule has 4 rings (SSSR count). The quantitative estimate of drug-likeness (QED) is 0.385. The average molecular weight is 530 g/mol. The standard InChI is InChI=1S/C28H34F3N5O2/c1-16(2)35-15-27-10-20(28(29,30)31)9-25(22(27)11-27)36-26(37)18-6-5-17(3)24(8-18)34-14-23(32)19-7-21(38-4)13-33-12-19/h5-7,9-10,12-14,16,22,24,34-35H,8,11,15,32H2,1-4H3,(H,36,37)/b23-14-. The molecule has 0 aromatic carbocycles. The predicted octanol–water partition coefficient (Wildman–Crippen LogP) is 4.09. The van der Waals surface area contributed by atoms with Gasteiger partial charge >= 0.3 is 6.18 Å². The summed E-state index contributed by atoms with van der Waals surface area (Å²) in [6.45, 7) is 6.27. The van der Waals surface area contributed by atoms with E-state index in [-0.39, 0.29) is 18.0 Å². The number of carbonyl (C=O) groups is 1. The molecule has 3 aliphatic carbocycles. The highest BCUT2D eigenvalue weighted by molar-refractivity contribution is 5.95. The number of amides is 1. The van der Waals surface area contributed by atoms with Gasteiger partial charge in [0.2, 0.25) is 0 Å². The first-order valence-corrected chi connectivity index (χ1v) is 12.6. The number of fused-ring (bicyclic) bond motifs is 1. The van der Waals surface area contributed by atoms with Crippen molar-refractivity contribution in [1.29, 1.82) is 0 Å². The Labute approximate surface area is 220 Å². The number of nitrogens with one attached hydrogen (secondary N) is 3. The summed E-state index contributed by atoms with van der Waals surface area (Å²) in [5.74, 6) is 0.0230. The van der Waals surface area contributed by atoms with Crippen LogP contribution in [0.15, 0.2) is 71.4 Å². The summed E-state index contributed by atoms with van der Waals surface area (Å²) in [5.41, 5.74) is 7.77.